The summed E-state index contributed by atoms with van der Waals surface area (Å²) in [7, 11) is 0. The van der Waals surface area contributed by atoms with Crippen LogP contribution in [0, 0.1) is 6.92 Å². The first-order valence-electron chi connectivity index (χ1n) is 8.42. The number of ketones is 1. The number of nitrogens with zero attached hydrogens (tertiary/aromatic N) is 3. The highest BCUT2D eigenvalue weighted by atomic mass is 35.5. The van der Waals surface area contributed by atoms with E-state index in [0.29, 0.717) is 32.9 Å². The Bertz CT molecular complexity index is 1210. The fraction of sp³-hybridized carbons (Fsp3) is 0.0476. The lowest BCUT2D eigenvalue weighted by Gasteiger charge is -2.06. The Kier molecular flexibility index (Phi) is 4.41. The predicted octanol–water partition coefficient (Wildman–Crippen LogP) is 4.31. The highest BCUT2D eigenvalue weighted by molar-refractivity contribution is 6.35. The van der Waals surface area contributed by atoms with Crippen molar-refractivity contribution in [2.24, 2.45) is 0 Å². The van der Waals surface area contributed by atoms with Gasteiger partial charge in [-0.15, -0.1) is 0 Å². The molecular weight excluding hydrogens is 378 g/mol. The number of rotatable bonds is 4. The number of aromatic carboxylic acids is 1. The second kappa shape index (κ2) is 6.90. The Morgan fingerprint density at radius 2 is 1.86 bits per heavy atom. The zero-order valence-electron chi connectivity index (χ0n) is 14.8. The molecule has 0 bridgehead atoms. The molecule has 0 aliphatic heterocycles. The monoisotopic (exact) mass is 391 g/mol. The second-order valence-electron chi connectivity index (χ2n) is 6.29. The molecule has 2 aromatic heterocycles. The quantitative estimate of drug-likeness (QED) is 0.524. The lowest BCUT2D eigenvalue weighted by atomic mass is 9.99. The van der Waals surface area contributed by atoms with Crippen molar-refractivity contribution in [3.63, 3.8) is 0 Å². The summed E-state index contributed by atoms with van der Waals surface area (Å²) >= 11 is 6.28. The van der Waals surface area contributed by atoms with E-state index < -0.39 is 5.97 Å². The molecule has 0 fully saturated rings. The van der Waals surface area contributed by atoms with Crippen LogP contribution in [0.25, 0.3) is 16.7 Å². The van der Waals surface area contributed by atoms with Crippen LogP contribution in [0.1, 0.15) is 31.8 Å². The first-order chi connectivity index (χ1) is 13.5. The molecule has 0 aliphatic rings. The number of benzene rings is 2. The Morgan fingerprint density at radius 3 is 2.54 bits per heavy atom. The van der Waals surface area contributed by atoms with Crippen LogP contribution in [0.2, 0.25) is 5.02 Å². The van der Waals surface area contributed by atoms with Gasteiger partial charge in [0, 0.05) is 29.0 Å². The minimum atomic E-state index is -1.00. The molecule has 7 heteroatoms. The van der Waals surface area contributed by atoms with E-state index in [4.69, 9.17) is 16.7 Å². The van der Waals surface area contributed by atoms with Gasteiger partial charge in [0.25, 0.3) is 0 Å². The number of halogens is 1. The number of fused-ring (bicyclic) bond motifs is 1. The van der Waals surface area contributed by atoms with Crippen molar-refractivity contribution in [1.82, 2.24) is 14.5 Å². The summed E-state index contributed by atoms with van der Waals surface area (Å²) < 4.78 is 1.74. The summed E-state index contributed by atoms with van der Waals surface area (Å²) in [5, 5.41) is 10.1. The Labute approximate surface area is 165 Å². The molecule has 28 heavy (non-hydrogen) atoms. The number of aromatic nitrogens is 3. The summed E-state index contributed by atoms with van der Waals surface area (Å²) in [5.41, 5.74) is 3.05. The number of carbonyl (C=O) groups excluding carboxylic acids is 1. The maximum atomic E-state index is 13.3. The van der Waals surface area contributed by atoms with E-state index in [1.165, 1.54) is 18.5 Å². The average molecular weight is 392 g/mol. The Morgan fingerprint density at radius 1 is 1.11 bits per heavy atom. The van der Waals surface area contributed by atoms with Gasteiger partial charge in [0.15, 0.2) is 5.78 Å². The van der Waals surface area contributed by atoms with Gasteiger partial charge < -0.3 is 9.67 Å². The Hall–Kier alpha value is -3.51. The normalized spacial score (nSPS) is 10.9. The lowest BCUT2D eigenvalue weighted by molar-refractivity contribution is 0.0696. The number of hydrogen-bond donors (Lipinski definition) is 1. The van der Waals surface area contributed by atoms with E-state index in [1.807, 2.05) is 13.0 Å². The maximum absolute atomic E-state index is 13.3. The van der Waals surface area contributed by atoms with Crippen LogP contribution >= 0.6 is 11.6 Å². The molecule has 0 unspecified atom stereocenters. The minimum absolute atomic E-state index is 0.179. The van der Waals surface area contributed by atoms with Gasteiger partial charge in [-0.1, -0.05) is 23.7 Å². The number of aryl methyl sites for hydroxylation is 1. The van der Waals surface area contributed by atoms with Crippen LogP contribution in [0.3, 0.4) is 0 Å². The van der Waals surface area contributed by atoms with Crippen molar-refractivity contribution in [1.29, 1.82) is 0 Å². The van der Waals surface area contributed by atoms with E-state index in [-0.39, 0.29) is 11.3 Å². The molecule has 0 spiro atoms. The van der Waals surface area contributed by atoms with Crippen molar-refractivity contribution >= 4 is 34.4 Å². The summed E-state index contributed by atoms with van der Waals surface area (Å²) in [4.78, 5) is 32.7. The average Bonchev–Trinajstić information content (AvgIpc) is 3.07. The van der Waals surface area contributed by atoms with Gasteiger partial charge in [-0.05, 0) is 42.8 Å². The molecular formula is C21H14ClN3O3. The molecule has 4 rings (SSSR count). The summed E-state index contributed by atoms with van der Waals surface area (Å²) in [6, 6.07) is 11.7. The molecule has 6 nitrogen and oxygen atoms in total. The van der Waals surface area contributed by atoms with E-state index in [2.05, 4.69) is 9.97 Å². The molecule has 0 aliphatic carbocycles. The zero-order valence-corrected chi connectivity index (χ0v) is 15.5. The van der Waals surface area contributed by atoms with Crippen molar-refractivity contribution < 1.29 is 14.7 Å². The van der Waals surface area contributed by atoms with Gasteiger partial charge in [-0.2, -0.15) is 0 Å². The third-order valence-electron chi connectivity index (χ3n) is 4.55. The van der Waals surface area contributed by atoms with Crippen LogP contribution in [0.15, 0.2) is 61.2 Å². The first kappa shape index (κ1) is 17.9. The third kappa shape index (κ3) is 2.93. The Balaban J connectivity index is 1.90. The first-order valence-corrected chi connectivity index (χ1v) is 8.80. The number of carboxylic acids is 1. The standard InChI is InChI=1S/C21H14ClN3O3/c1-12-3-2-4-17(22)18(12)19(26)16-10-25(20-15(16)9-23-11-24-20)14-7-5-13(6-8-14)21(27)28/h2-11H,1H3,(H,27,28). The summed E-state index contributed by atoms with van der Waals surface area (Å²) in [5.74, 6) is -1.22. The van der Waals surface area contributed by atoms with Crippen molar-refractivity contribution in [2.75, 3.05) is 0 Å². The molecule has 1 N–H and O–H groups in total. The third-order valence-corrected chi connectivity index (χ3v) is 4.87. The highest BCUT2D eigenvalue weighted by Gasteiger charge is 2.22. The number of carboxylic acid groups (broad SMARTS) is 1. The van der Waals surface area contributed by atoms with Gasteiger partial charge in [-0.3, -0.25) is 4.79 Å². The topological polar surface area (TPSA) is 85.1 Å². The SMILES string of the molecule is Cc1cccc(Cl)c1C(=O)c1cn(-c2ccc(C(=O)O)cc2)c2ncncc12. The molecule has 0 saturated heterocycles. The fourth-order valence-corrected chi connectivity index (χ4v) is 3.47. The molecule has 2 aromatic carbocycles. The molecule has 0 saturated carbocycles. The van der Waals surface area contributed by atoms with E-state index in [0.717, 1.165) is 5.56 Å². The van der Waals surface area contributed by atoms with Crippen molar-refractivity contribution in [3.05, 3.63) is 88.5 Å². The van der Waals surface area contributed by atoms with Crippen LogP contribution in [-0.2, 0) is 0 Å². The second-order valence-corrected chi connectivity index (χ2v) is 6.69. The van der Waals surface area contributed by atoms with E-state index in [1.54, 1.807) is 41.2 Å². The van der Waals surface area contributed by atoms with Crippen LogP contribution in [-0.4, -0.2) is 31.4 Å². The largest absolute Gasteiger partial charge is 0.478 e. The van der Waals surface area contributed by atoms with Crippen LogP contribution in [0.5, 0.6) is 0 Å². The highest BCUT2D eigenvalue weighted by Crippen LogP contribution is 2.29. The minimum Gasteiger partial charge on any atom is -0.478 e. The number of hydrogen-bond acceptors (Lipinski definition) is 4. The molecule has 138 valence electrons. The summed E-state index contributed by atoms with van der Waals surface area (Å²) in [6.45, 7) is 1.83. The van der Waals surface area contributed by atoms with E-state index >= 15 is 0 Å². The van der Waals surface area contributed by atoms with Crippen LogP contribution < -0.4 is 0 Å². The molecule has 0 radical (unpaired) electrons. The van der Waals surface area contributed by atoms with Gasteiger partial charge in [0.1, 0.15) is 12.0 Å². The van der Waals surface area contributed by atoms with Crippen LogP contribution in [0.4, 0.5) is 0 Å². The molecule has 0 amide bonds. The fourth-order valence-electron chi connectivity index (χ4n) is 3.16. The van der Waals surface area contributed by atoms with Crippen molar-refractivity contribution in [3.8, 4) is 5.69 Å². The lowest BCUT2D eigenvalue weighted by Crippen LogP contribution is -2.04. The smallest absolute Gasteiger partial charge is 0.335 e. The molecule has 4 aromatic rings. The van der Waals surface area contributed by atoms with Crippen molar-refractivity contribution in [2.45, 2.75) is 6.92 Å². The molecule has 0 atom stereocenters. The predicted molar refractivity (Wildman–Crippen MR) is 105 cm³/mol. The van der Waals surface area contributed by atoms with Gasteiger partial charge in [-0.25, -0.2) is 14.8 Å². The summed E-state index contributed by atoms with van der Waals surface area (Å²) in [6.07, 6.45) is 4.67. The molecule has 2 heterocycles. The number of carbonyl (C=O) groups is 2. The van der Waals surface area contributed by atoms with Gasteiger partial charge in [0.2, 0.25) is 0 Å². The van der Waals surface area contributed by atoms with E-state index in [9.17, 15) is 9.59 Å². The van der Waals surface area contributed by atoms with Gasteiger partial charge >= 0.3 is 5.97 Å². The zero-order chi connectivity index (χ0) is 19.8. The maximum Gasteiger partial charge on any atom is 0.335 e. The van der Waals surface area contributed by atoms with Gasteiger partial charge in [0.05, 0.1) is 16.1 Å².